The van der Waals surface area contributed by atoms with Crippen molar-refractivity contribution in [3.8, 4) is 0 Å². The summed E-state index contributed by atoms with van der Waals surface area (Å²) >= 11 is 4.53. The van der Waals surface area contributed by atoms with Gasteiger partial charge in [-0.3, -0.25) is 4.79 Å². The summed E-state index contributed by atoms with van der Waals surface area (Å²) in [4.78, 5) is 11.9. The molecule has 0 radical (unpaired) electrons. The third-order valence-electron chi connectivity index (χ3n) is 2.04. The smallest absolute Gasteiger partial charge is 0.197 e. The van der Waals surface area contributed by atoms with Gasteiger partial charge in [0.15, 0.2) is 5.78 Å². The molecule has 0 bridgehead atoms. The van der Waals surface area contributed by atoms with Crippen molar-refractivity contribution in [1.82, 2.24) is 0 Å². The number of halogens is 3. The number of carbonyl (C=O) groups is 1. The lowest BCUT2D eigenvalue weighted by molar-refractivity contribution is 0.103. The highest BCUT2D eigenvalue weighted by Crippen LogP contribution is 2.25. The molecule has 0 fully saturated rings. The number of hydrogen-bond donors (Lipinski definition) is 0. The largest absolute Gasteiger partial charge is 0.288 e. The van der Waals surface area contributed by atoms with Crippen LogP contribution in [0.4, 0.5) is 8.78 Å². The Bertz CT molecular complexity index is 551. The maximum absolute atomic E-state index is 13.4. The minimum absolute atomic E-state index is 0.125. The van der Waals surface area contributed by atoms with E-state index in [1.54, 1.807) is 10.8 Å². The van der Waals surface area contributed by atoms with E-state index in [0.29, 0.717) is 16.1 Å². The Balaban J connectivity index is 2.46. The molecular weight excluding hydrogens is 298 g/mol. The van der Waals surface area contributed by atoms with Gasteiger partial charge in [0, 0.05) is 26.9 Å². The molecule has 0 amide bonds. The SMILES string of the molecule is O=C(c1ccc(F)cc1F)c1cscc1Br. The van der Waals surface area contributed by atoms with Crippen LogP contribution in [-0.2, 0) is 0 Å². The zero-order valence-corrected chi connectivity index (χ0v) is 10.2. The summed E-state index contributed by atoms with van der Waals surface area (Å²) in [6, 6.07) is 2.92. The van der Waals surface area contributed by atoms with Crippen molar-refractivity contribution < 1.29 is 13.6 Å². The summed E-state index contributed by atoms with van der Waals surface area (Å²) in [5.41, 5.74) is 0.260. The Morgan fingerprint density at radius 2 is 1.94 bits per heavy atom. The fourth-order valence-corrected chi connectivity index (χ4v) is 2.72. The first-order valence-corrected chi connectivity index (χ1v) is 6.04. The highest BCUT2D eigenvalue weighted by molar-refractivity contribution is 9.10. The molecule has 1 heterocycles. The first-order valence-electron chi connectivity index (χ1n) is 4.31. The van der Waals surface area contributed by atoms with E-state index in [0.717, 1.165) is 12.1 Å². The van der Waals surface area contributed by atoms with E-state index in [4.69, 9.17) is 0 Å². The first kappa shape index (κ1) is 11.4. The van der Waals surface area contributed by atoms with Crippen LogP contribution in [0.15, 0.2) is 33.4 Å². The zero-order chi connectivity index (χ0) is 11.7. The Hall–Kier alpha value is -1.07. The maximum Gasteiger partial charge on any atom is 0.197 e. The van der Waals surface area contributed by atoms with Crippen LogP contribution < -0.4 is 0 Å². The fraction of sp³-hybridized carbons (Fsp3) is 0. The van der Waals surface area contributed by atoms with E-state index in [1.165, 1.54) is 11.3 Å². The minimum Gasteiger partial charge on any atom is -0.288 e. The van der Waals surface area contributed by atoms with E-state index in [1.807, 2.05) is 0 Å². The van der Waals surface area contributed by atoms with Gasteiger partial charge in [-0.2, -0.15) is 11.3 Å². The van der Waals surface area contributed by atoms with Gasteiger partial charge in [0.2, 0.25) is 0 Å². The summed E-state index contributed by atoms with van der Waals surface area (Å²) < 4.78 is 26.6. The molecule has 82 valence electrons. The van der Waals surface area contributed by atoms with Crippen molar-refractivity contribution in [2.75, 3.05) is 0 Å². The third kappa shape index (κ3) is 2.05. The lowest BCUT2D eigenvalue weighted by Crippen LogP contribution is -2.04. The van der Waals surface area contributed by atoms with Gasteiger partial charge in [0.1, 0.15) is 11.6 Å². The van der Waals surface area contributed by atoms with Gasteiger partial charge in [-0.05, 0) is 28.1 Å². The van der Waals surface area contributed by atoms with Gasteiger partial charge in [0.05, 0.1) is 5.56 Å². The molecule has 0 saturated carbocycles. The second kappa shape index (κ2) is 4.43. The predicted molar refractivity (Wildman–Crippen MR) is 61.8 cm³/mol. The summed E-state index contributed by atoms with van der Waals surface area (Å²) in [5, 5.41) is 3.35. The van der Waals surface area contributed by atoms with Crippen LogP contribution in [0.25, 0.3) is 0 Å². The molecular formula is C11H5BrF2OS. The Kier molecular flexibility index (Phi) is 3.16. The Morgan fingerprint density at radius 3 is 2.50 bits per heavy atom. The zero-order valence-electron chi connectivity index (χ0n) is 7.84. The van der Waals surface area contributed by atoms with Crippen LogP contribution in [0, 0.1) is 11.6 Å². The summed E-state index contributed by atoms with van der Waals surface area (Å²) in [7, 11) is 0. The van der Waals surface area contributed by atoms with E-state index >= 15 is 0 Å². The van der Waals surface area contributed by atoms with Crippen LogP contribution in [0.3, 0.4) is 0 Å². The van der Waals surface area contributed by atoms with Crippen molar-refractivity contribution in [1.29, 1.82) is 0 Å². The van der Waals surface area contributed by atoms with Gasteiger partial charge in [0.25, 0.3) is 0 Å². The molecule has 0 aliphatic carbocycles. The first-order chi connectivity index (χ1) is 7.59. The van der Waals surface area contributed by atoms with Crippen molar-refractivity contribution in [2.45, 2.75) is 0 Å². The standard InChI is InChI=1S/C11H5BrF2OS/c12-9-5-16-4-8(9)11(15)7-2-1-6(13)3-10(7)14/h1-5H. The molecule has 0 aliphatic heterocycles. The molecule has 5 heteroatoms. The molecule has 2 aromatic rings. The van der Waals surface area contributed by atoms with E-state index in [2.05, 4.69) is 15.9 Å². The molecule has 0 atom stereocenters. The lowest BCUT2D eigenvalue weighted by Gasteiger charge is -2.01. The second-order valence-corrected chi connectivity index (χ2v) is 4.68. The van der Waals surface area contributed by atoms with Crippen LogP contribution in [0.1, 0.15) is 15.9 Å². The van der Waals surface area contributed by atoms with Crippen molar-refractivity contribution in [3.05, 3.63) is 56.2 Å². The van der Waals surface area contributed by atoms with Gasteiger partial charge < -0.3 is 0 Å². The molecule has 2 rings (SSSR count). The minimum atomic E-state index is -0.844. The van der Waals surface area contributed by atoms with Crippen LogP contribution >= 0.6 is 27.3 Å². The second-order valence-electron chi connectivity index (χ2n) is 3.09. The molecule has 16 heavy (non-hydrogen) atoms. The molecule has 0 N–H and O–H groups in total. The number of ketones is 1. The molecule has 0 spiro atoms. The highest BCUT2D eigenvalue weighted by Gasteiger charge is 2.17. The monoisotopic (exact) mass is 302 g/mol. The van der Waals surface area contributed by atoms with Crippen molar-refractivity contribution in [3.63, 3.8) is 0 Å². The molecule has 0 unspecified atom stereocenters. The average Bonchev–Trinajstić information content (AvgIpc) is 2.63. The Morgan fingerprint density at radius 1 is 1.19 bits per heavy atom. The molecule has 0 saturated heterocycles. The van der Waals surface area contributed by atoms with Gasteiger partial charge in [-0.15, -0.1) is 0 Å². The van der Waals surface area contributed by atoms with E-state index < -0.39 is 17.4 Å². The van der Waals surface area contributed by atoms with Gasteiger partial charge in [-0.25, -0.2) is 8.78 Å². The quantitative estimate of drug-likeness (QED) is 0.766. The third-order valence-corrected chi connectivity index (χ3v) is 3.74. The molecule has 1 aromatic carbocycles. The number of carbonyl (C=O) groups excluding carboxylic acids is 1. The number of thiophene rings is 1. The van der Waals surface area contributed by atoms with Crippen LogP contribution in [0.5, 0.6) is 0 Å². The number of hydrogen-bond acceptors (Lipinski definition) is 2. The molecule has 0 aliphatic rings. The summed E-state index contributed by atoms with van der Waals surface area (Å²) in [5.74, 6) is -1.99. The average molecular weight is 303 g/mol. The van der Waals surface area contributed by atoms with Gasteiger partial charge in [-0.1, -0.05) is 0 Å². The lowest BCUT2D eigenvalue weighted by atomic mass is 10.1. The van der Waals surface area contributed by atoms with Crippen molar-refractivity contribution in [2.24, 2.45) is 0 Å². The van der Waals surface area contributed by atoms with E-state index in [9.17, 15) is 13.6 Å². The van der Waals surface area contributed by atoms with Crippen molar-refractivity contribution >= 4 is 33.0 Å². The number of rotatable bonds is 2. The van der Waals surface area contributed by atoms with E-state index in [-0.39, 0.29) is 5.56 Å². The van der Waals surface area contributed by atoms with Crippen LogP contribution in [0.2, 0.25) is 0 Å². The summed E-state index contributed by atoms with van der Waals surface area (Å²) in [6.07, 6.45) is 0. The summed E-state index contributed by atoms with van der Waals surface area (Å²) in [6.45, 7) is 0. The number of benzene rings is 1. The Labute approximate surface area is 103 Å². The predicted octanol–water partition coefficient (Wildman–Crippen LogP) is 4.02. The van der Waals surface area contributed by atoms with Gasteiger partial charge >= 0.3 is 0 Å². The van der Waals surface area contributed by atoms with Crippen LogP contribution in [-0.4, -0.2) is 5.78 Å². The topological polar surface area (TPSA) is 17.1 Å². The fourth-order valence-electron chi connectivity index (χ4n) is 1.26. The highest BCUT2D eigenvalue weighted by atomic mass is 79.9. The maximum atomic E-state index is 13.4. The molecule has 1 aromatic heterocycles. The molecule has 1 nitrogen and oxygen atoms in total. The normalized spacial score (nSPS) is 10.4.